The van der Waals surface area contributed by atoms with Crippen LogP contribution in [0, 0.1) is 0 Å². The van der Waals surface area contributed by atoms with Gasteiger partial charge < -0.3 is 9.80 Å². The van der Waals surface area contributed by atoms with Crippen molar-refractivity contribution in [3.05, 3.63) is 41.7 Å². The van der Waals surface area contributed by atoms with Crippen molar-refractivity contribution < 1.29 is 4.79 Å². The molecular weight excluding hydrogens is 288 g/mol. The number of aryl methyl sites for hydroxylation is 2. The number of anilines is 2. The number of likely N-dealkylation sites (N-methyl/N-ethyl adjacent to an activating group) is 1. The molecule has 0 radical (unpaired) electrons. The summed E-state index contributed by atoms with van der Waals surface area (Å²) in [5.41, 5.74) is 3.88. The lowest BCUT2D eigenvalue weighted by Gasteiger charge is -2.41. The van der Waals surface area contributed by atoms with Crippen molar-refractivity contribution in [1.29, 1.82) is 0 Å². The minimum absolute atomic E-state index is 0.0157. The number of carbonyl (C=O) groups excluding carboxylic acids is 1. The molecule has 0 bridgehead atoms. The van der Waals surface area contributed by atoms with Crippen LogP contribution in [-0.2, 0) is 13.0 Å². The smallest absolute Gasteiger partial charge is 0.278 e. The van der Waals surface area contributed by atoms with Crippen molar-refractivity contribution in [1.82, 2.24) is 9.78 Å². The van der Waals surface area contributed by atoms with Crippen LogP contribution in [0.3, 0.4) is 0 Å². The normalized spacial score (nSPS) is 19.7. The highest BCUT2D eigenvalue weighted by Crippen LogP contribution is 2.35. The van der Waals surface area contributed by atoms with Crippen LogP contribution in [0.25, 0.3) is 0 Å². The largest absolute Gasteiger partial charge is 0.366 e. The Morgan fingerprint density at radius 3 is 2.83 bits per heavy atom. The molecule has 2 aliphatic heterocycles. The highest BCUT2D eigenvalue weighted by Gasteiger charge is 2.32. The maximum atomic E-state index is 13.0. The van der Waals surface area contributed by atoms with Crippen molar-refractivity contribution in [2.24, 2.45) is 0 Å². The second-order valence-electron chi connectivity index (χ2n) is 6.39. The molecule has 1 atom stereocenters. The SMILES string of the molecule is CCN1c2ccccc2N(C(=O)c2cc3n(n2)CCC3)C[C@@H]1C. The van der Waals surface area contributed by atoms with Crippen molar-refractivity contribution in [2.75, 3.05) is 22.9 Å². The van der Waals surface area contributed by atoms with Crippen LogP contribution in [0.4, 0.5) is 11.4 Å². The van der Waals surface area contributed by atoms with E-state index in [0.29, 0.717) is 18.3 Å². The van der Waals surface area contributed by atoms with Gasteiger partial charge in [0.05, 0.1) is 11.4 Å². The van der Waals surface area contributed by atoms with E-state index in [0.717, 1.165) is 37.3 Å². The Bertz CT molecular complexity index is 730. The molecule has 0 N–H and O–H groups in total. The van der Waals surface area contributed by atoms with Gasteiger partial charge >= 0.3 is 0 Å². The molecule has 2 aliphatic rings. The third kappa shape index (κ3) is 2.22. The number of carbonyl (C=O) groups is 1. The fourth-order valence-electron chi connectivity index (χ4n) is 3.81. The molecule has 0 saturated heterocycles. The molecule has 3 heterocycles. The quantitative estimate of drug-likeness (QED) is 0.856. The van der Waals surface area contributed by atoms with E-state index >= 15 is 0 Å². The second-order valence-corrected chi connectivity index (χ2v) is 6.39. The van der Waals surface area contributed by atoms with Crippen LogP contribution in [0.1, 0.15) is 36.5 Å². The first kappa shape index (κ1) is 14.3. The minimum Gasteiger partial charge on any atom is -0.366 e. The van der Waals surface area contributed by atoms with Gasteiger partial charge in [-0.3, -0.25) is 9.48 Å². The first-order valence-electron chi connectivity index (χ1n) is 8.43. The number of hydrogen-bond donors (Lipinski definition) is 0. The van der Waals surface area contributed by atoms with Gasteiger partial charge in [0.25, 0.3) is 5.91 Å². The first-order valence-corrected chi connectivity index (χ1v) is 8.43. The van der Waals surface area contributed by atoms with Gasteiger partial charge in [-0.05, 0) is 44.9 Å². The average molecular weight is 310 g/mol. The number of amides is 1. The molecule has 0 saturated carbocycles. The second kappa shape index (κ2) is 5.41. The number of benzene rings is 1. The molecule has 2 aromatic rings. The van der Waals surface area contributed by atoms with E-state index in [-0.39, 0.29) is 5.91 Å². The van der Waals surface area contributed by atoms with E-state index < -0.39 is 0 Å². The zero-order valence-corrected chi connectivity index (χ0v) is 13.7. The summed E-state index contributed by atoms with van der Waals surface area (Å²) in [6.07, 6.45) is 2.16. The zero-order chi connectivity index (χ0) is 16.0. The lowest BCUT2D eigenvalue weighted by molar-refractivity contribution is 0.0978. The van der Waals surface area contributed by atoms with Gasteiger partial charge in [0, 0.05) is 31.4 Å². The summed E-state index contributed by atoms with van der Waals surface area (Å²) in [5.74, 6) is 0.0157. The minimum atomic E-state index is 0.0157. The van der Waals surface area contributed by atoms with Crippen LogP contribution >= 0.6 is 0 Å². The number of hydrogen-bond acceptors (Lipinski definition) is 3. The summed E-state index contributed by atoms with van der Waals surface area (Å²) in [6, 6.07) is 10.4. The maximum absolute atomic E-state index is 13.0. The van der Waals surface area contributed by atoms with Gasteiger partial charge in [0.2, 0.25) is 0 Å². The number of aromatic nitrogens is 2. The van der Waals surface area contributed by atoms with E-state index in [2.05, 4.69) is 29.9 Å². The maximum Gasteiger partial charge on any atom is 0.278 e. The number of para-hydroxylation sites is 2. The molecule has 23 heavy (non-hydrogen) atoms. The molecule has 5 heteroatoms. The molecule has 4 rings (SSSR count). The molecule has 1 amide bonds. The van der Waals surface area contributed by atoms with Gasteiger partial charge in [-0.2, -0.15) is 5.10 Å². The van der Waals surface area contributed by atoms with Crippen molar-refractivity contribution in [2.45, 2.75) is 39.3 Å². The molecule has 1 aromatic heterocycles. The summed E-state index contributed by atoms with van der Waals surface area (Å²) in [6.45, 7) is 6.90. The molecule has 0 unspecified atom stereocenters. The average Bonchev–Trinajstić information content (AvgIpc) is 3.15. The van der Waals surface area contributed by atoms with Crippen LogP contribution in [0.5, 0.6) is 0 Å². The Kier molecular flexibility index (Phi) is 3.36. The predicted octanol–water partition coefficient (Wildman–Crippen LogP) is 2.70. The standard InChI is InChI=1S/C18H22N4O/c1-3-20-13(2)12-21(17-9-5-4-8-16(17)20)18(23)15-11-14-7-6-10-22(14)19-15/h4-5,8-9,11,13H,3,6-7,10,12H2,1-2H3/t13-/m0/s1. The topological polar surface area (TPSA) is 41.4 Å². The van der Waals surface area contributed by atoms with Gasteiger partial charge in [0.1, 0.15) is 0 Å². The van der Waals surface area contributed by atoms with Crippen LogP contribution in [-0.4, -0.2) is 34.8 Å². The monoisotopic (exact) mass is 310 g/mol. The number of nitrogens with zero attached hydrogens (tertiary/aromatic N) is 4. The molecule has 5 nitrogen and oxygen atoms in total. The van der Waals surface area contributed by atoms with Crippen LogP contribution in [0.15, 0.2) is 30.3 Å². The van der Waals surface area contributed by atoms with E-state index in [1.807, 2.05) is 33.8 Å². The summed E-state index contributed by atoms with van der Waals surface area (Å²) in [5, 5.41) is 4.51. The highest BCUT2D eigenvalue weighted by atomic mass is 16.2. The fraction of sp³-hybridized carbons (Fsp3) is 0.444. The lowest BCUT2D eigenvalue weighted by atomic mass is 10.1. The summed E-state index contributed by atoms with van der Waals surface area (Å²) >= 11 is 0. The molecular formula is C18H22N4O. The molecule has 0 fully saturated rings. The summed E-state index contributed by atoms with van der Waals surface area (Å²) in [7, 11) is 0. The third-order valence-electron chi connectivity index (χ3n) is 4.93. The molecule has 120 valence electrons. The highest BCUT2D eigenvalue weighted by molar-refractivity contribution is 6.07. The first-order chi connectivity index (χ1) is 11.2. The summed E-state index contributed by atoms with van der Waals surface area (Å²) in [4.78, 5) is 17.3. The Morgan fingerprint density at radius 2 is 2.09 bits per heavy atom. The summed E-state index contributed by atoms with van der Waals surface area (Å²) < 4.78 is 1.98. The Morgan fingerprint density at radius 1 is 1.30 bits per heavy atom. The molecule has 1 aromatic carbocycles. The van der Waals surface area contributed by atoms with E-state index in [4.69, 9.17) is 0 Å². The molecule has 0 aliphatic carbocycles. The Hall–Kier alpha value is -2.30. The van der Waals surface area contributed by atoms with Crippen LogP contribution in [0.2, 0.25) is 0 Å². The van der Waals surface area contributed by atoms with Gasteiger partial charge in [0.15, 0.2) is 5.69 Å². The van der Waals surface area contributed by atoms with E-state index in [9.17, 15) is 4.79 Å². The number of fused-ring (bicyclic) bond motifs is 2. The van der Waals surface area contributed by atoms with Crippen molar-refractivity contribution in [3.8, 4) is 0 Å². The number of rotatable bonds is 2. The van der Waals surface area contributed by atoms with E-state index in [1.165, 1.54) is 5.69 Å². The predicted molar refractivity (Wildman–Crippen MR) is 91.1 cm³/mol. The Balaban J connectivity index is 1.71. The Labute approximate surface area is 136 Å². The van der Waals surface area contributed by atoms with Gasteiger partial charge in [-0.1, -0.05) is 12.1 Å². The molecule has 0 spiro atoms. The van der Waals surface area contributed by atoms with Crippen LogP contribution < -0.4 is 9.80 Å². The van der Waals surface area contributed by atoms with Gasteiger partial charge in [-0.15, -0.1) is 0 Å². The zero-order valence-electron chi connectivity index (χ0n) is 13.7. The fourth-order valence-corrected chi connectivity index (χ4v) is 3.81. The van der Waals surface area contributed by atoms with Crippen molar-refractivity contribution in [3.63, 3.8) is 0 Å². The third-order valence-corrected chi connectivity index (χ3v) is 4.93. The van der Waals surface area contributed by atoms with Gasteiger partial charge in [-0.25, -0.2) is 0 Å². The van der Waals surface area contributed by atoms with E-state index in [1.54, 1.807) is 0 Å². The van der Waals surface area contributed by atoms with Crippen molar-refractivity contribution >= 4 is 17.3 Å². The lowest BCUT2D eigenvalue weighted by Crippen LogP contribution is -2.49.